The predicted octanol–water partition coefficient (Wildman–Crippen LogP) is 3.43. The fourth-order valence-corrected chi connectivity index (χ4v) is 1.74. The van der Waals surface area contributed by atoms with Gasteiger partial charge in [0.2, 0.25) is 5.91 Å². The molecule has 0 fully saturated rings. The van der Waals surface area contributed by atoms with Crippen molar-refractivity contribution >= 4 is 23.2 Å². The molecule has 0 spiro atoms. The summed E-state index contributed by atoms with van der Waals surface area (Å²) in [4.78, 5) is 23.6. The highest BCUT2D eigenvalue weighted by molar-refractivity contribution is 6.05. The monoisotopic (exact) mass is 286 g/mol. The average molecular weight is 286 g/mol. The molecule has 0 aliphatic heterocycles. The molecule has 0 bridgehead atoms. The van der Waals surface area contributed by atoms with Gasteiger partial charge in [0.05, 0.1) is 11.8 Å². The van der Waals surface area contributed by atoms with Crippen LogP contribution in [0.5, 0.6) is 0 Å². The molecule has 0 atom stereocenters. The molecule has 1 heterocycles. The van der Waals surface area contributed by atoms with Crippen molar-refractivity contribution in [3.05, 3.63) is 47.9 Å². The zero-order chi connectivity index (χ0) is 15.4. The summed E-state index contributed by atoms with van der Waals surface area (Å²) in [7, 11) is 0. The second kappa shape index (κ2) is 6.26. The van der Waals surface area contributed by atoms with Crippen LogP contribution in [-0.2, 0) is 4.79 Å². The van der Waals surface area contributed by atoms with E-state index in [9.17, 15) is 9.59 Å². The van der Waals surface area contributed by atoms with Gasteiger partial charge in [-0.1, -0.05) is 13.8 Å². The second-order valence-electron chi connectivity index (χ2n) is 5.07. The van der Waals surface area contributed by atoms with Crippen LogP contribution in [0, 0.1) is 12.8 Å². The van der Waals surface area contributed by atoms with Gasteiger partial charge < -0.3 is 15.1 Å². The van der Waals surface area contributed by atoms with Gasteiger partial charge in [-0.2, -0.15) is 0 Å². The van der Waals surface area contributed by atoms with Gasteiger partial charge >= 0.3 is 0 Å². The molecule has 0 saturated heterocycles. The summed E-state index contributed by atoms with van der Waals surface area (Å²) in [5, 5.41) is 5.57. The molecule has 0 unspecified atom stereocenters. The lowest BCUT2D eigenvalue weighted by Gasteiger charge is -2.09. The first-order chi connectivity index (χ1) is 9.97. The second-order valence-corrected chi connectivity index (χ2v) is 5.07. The lowest BCUT2D eigenvalue weighted by atomic mass is 10.2. The number of carbonyl (C=O) groups excluding carboxylic acids is 2. The first kappa shape index (κ1) is 14.8. The molecule has 0 saturated carbocycles. The molecule has 2 N–H and O–H groups in total. The third-order valence-electron chi connectivity index (χ3n) is 3.04. The highest BCUT2D eigenvalue weighted by Gasteiger charge is 2.11. The van der Waals surface area contributed by atoms with Crippen LogP contribution in [0.25, 0.3) is 0 Å². The number of hydrogen-bond acceptors (Lipinski definition) is 3. The fourth-order valence-electron chi connectivity index (χ4n) is 1.74. The molecule has 2 rings (SSSR count). The van der Waals surface area contributed by atoms with Crippen LogP contribution < -0.4 is 10.6 Å². The van der Waals surface area contributed by atoms with Crippen LogP contribution in [0.3, 0.4) is 0 Å². The van der Waals surface area contributed by atoms with Crippen LogP contribution in [0.4, 0.5) is 11.4 Å². The van der Waals surface area contributed by atoms with E-state index < -0.39 is 0 Å². The summed E-state index contributed by atoms with van der Waals surface area (Å²) in [6.45, 7) is 5.40. The van der Waals surface area contributed by atoms with Crippen LogP contribution in [-0.4, -0.2) is 11.8 Å². The Balaban J connectivity index is 2.01. The SMILES string of the molecule is Cc1occc1C(=O)Nc1ccc(NC(=O)C(C)C)cc1. The summed E-state index contributed by atoms with van der Waals surface area (Å²) in [5.41, 5.74) is 1.86. The van der Waals surface area contributed by atoms with Crippen LogP contribution in [0.15, 0.2) is 41.0 Å². The number of benzene rings is 1. The number of amides is 2. The quantitative estimate of drug-likeness (QED) is 0.904. The van der Waals surface area contributed by atoms with Gasteiger partial charge in [-0.25, -0.2) is 0 Å². The zero-order valence-electron chi connectivity index (χ0n) is 12.3. The molecular weight excluding hydrogens is 268 g/mol. The Morgan fingerprint density at radius 3 is 2.05 bits per heavy atom. The maximum atomic E-state index is 12.0. The van der Waals surface area contributed by atoms with E-state index in [-0.39, 0.29) is 17.7 Å². The summed E-state index contributed by atoms with van der Waals surface area (Å²) in [6.07, 6.45) is 1.48. The molecule has 2 amide bonds. The smallest absolute Gasteiger partial charge is 0.259 e. The third kappa shape index (κ3) is 3.72. The summed E-state index contributed by atoms with van der Waals surface area (Å²) in [6, 6.07) is 8.60. The molecule has 0 aliphatic carbocycles. The van der Waals surface area contributed by atoms with E-state index in [2.05, 4.69) is 10.6 Å². The molecule has 1 aromatic heterocycles. The van der Waals surface area contributed by atoms with Crippen molar-refractivity contribution in [1.82, 2.24) is 0 Å². The number of aryl methyl sites for hydroxylation is 1. The Bertz CT molecular complexity index is 642. The summed E-state index contributed by atoms with van der Waals surface area (Å²) in [5.74, 6) is 0.239. The van der Waals surface area contributed by atoms with Crippen LogP contribution >= 0.6 is 0 Å². The van der Waals surface area contributed by atoms with Gasteiger partial charge in [-0.05, 0) is 37.3 Å². The standard InChI is InChI=1S/C16H18N2O3/c1-10(2)15(19)17-12-4-6-13(7-5-12)18-16(20)14-8-9-21-11(14)3/h4-10H,1-3H3,(H,17,19)(H,18,20). The highest BCUT2D eigenvalue weighted by Crippen LogP contribution is 2.16. The summed E-state index contributed by atoms with van der Waals surface area (Å²) >= 11 is 0. The third-order valence-corrected chi connectivity index (χ3v) is 3.04. The first-order valence-electron chi connectivity index (χ1n) is 6.73. The molecule has 21 heavy (non-hydrogen) atoms. The Morgan fingerprint density at radius 1 is 1.00 bits per heavy atom. The topological polar surface area (TPSA) is 71.3 Å². The normalized spacial score (nSPS) is 10.5. The van der Waals surface area contributed by atoms with E-state index in [1.54, 1.807) is 37.3 Å². The number of nitrogens with one attached hydrogen (secondary N) is 2. The molecule has 2 aromatic rings. The molecule has 5 nitrogen and oxygen atoms in total. The molecular formula is C16H18N2O3. The molecule has 0 radical (unpaired) electrons. The highest BCUT2D eigenvalue weighted by atomic mass is 16.3. The lowest BCUT2D eigenvalue weighted by molar-refractivity contribution is -0.118. The van der Waals surface area contributed by atoms with Gasteiger partial charge in [-0.3, -0.25) is 9.59 Å². The van der Waals surface area contributed by atoms with Gasteiger partial charge in [0.25, 0.3) is 5.91 Å². The number of anilines is 2. The van der Waals surface area contributed by atoms with Crippen molar-refractivity contribution in [2.24, 2.45) is 5.92 Å². The van der Waals surface area contributed by atoms with E-state index in [1.807, 2.05) is 13.8 Å². The zero-order valence-corrected chi connectivity index (χ0v) is 12.3. The number of furan rings is 1. The first-order valence-corrected chi connectivity index (χ1v) is 6.73. The maximum Gasteiger partial charge on any atom is 0.259 e. The van der Waals surface area contributed by atoms with Crippen molar-refractivity contribution in [3.63, 3.8) is 0 Å². The summed E-state index contributed by atoms with van der Waals surface area (Å²) < 4.78 is 5.10. The lowest BCUT2D eigenvalue weighted by Crippen LogP contribution is -2.17. The van der Waals surface area contributed by atoms with Gasteiger partial charge in [0.15, 0.2) is 0 Å². The predicted molar refractivity (Wildman–Crippen MR) is 81.3 cm³/mol. The van der Waals surface area contributed by atoms with E-state index in [0.29, 0.717) is 22.7 Å². The minimum atomic E-state index is -0.222. The van der Waals surface area contributed by atoms with Gasteiger partial charge in [0.1, 0.15) is 5.76 Å². The van der Waals surface area contributed by atoms with Crippen molar-refractivity contribution in [2.75, 3.05) is 10.6 Å². The van der Waals surface area contributed by atoms with Crippen LogP contribution in [0.1, 0.15) is 30.0 Å². The van der Waals surface area contributed by atoms with E-state index in [0.717, 1.165) is 0 Å². The van der Waals surface area contributed by atoms with Crippen molar-refractivity contribution in [3.8, 4) is 0 Å². The van der Waals surface area contributed by atoms with Crippen molar-refractivity contribution in [1.29, 1.82) is 0 Å². The van der Waals surface area contributed by atoms with E-state index in [4.69, 9.17) is 4.42 Å². The fraction of sp³-hybridized carbons (Fsp3) is 0.250. The molecule has 110 valence electrons. The van der Waals surface area contributed by atoms with Crippen molar-refractivity contribution in [2.45, 2.75) is 20.8 Å². The van der Waals surface area contributed by atoms with E-state index >= 15 is 0 Å². The average Bonchev–Trinajstić information content (AvgIpc) is 2.87. The van der Waals surface area contributed by atoms with Gasteiger partial charge in [0, 0.05) is 17.3 Å². The Kier molecular flexibility index (Phi) is 4.42. The minimum Gasteiger partial charge on any atom is -0.469 e. The molecule has 5 heteroatoms. The van der Waals surface area contributed by atoms with E-state index in [1.165, 1.54) is 6.26 Å². The largest absolute Gasteiger partial charge is 0.469 e. The molecule has 1 aromatic carbocycles. The Morgan fingerprint density at radius 2 is 1.57 bits per heavy atom. The van der Waals surface area contributed by atoms with Gasteiger partial charge in [-0.15, -0.1) is 0 Å². The molecule has 0 aliphatic rings. The maximum absolute atomic E-state index is 12.0. The number of rotatable bonds is 4. The number of carbonyl (C=O) groups is 2. The van der Waals surface area contributed by atoms with Crippen LogP contribution in [0.2, 0.25) is 0 Å². The van der Waals surface area contributed by atoms with Crippen molar-refractivity contribution < 1.29 is 14.0 Å². The minimum absolute atomic E-state index is 0.0409. The number of hydrogen-bond donors (Lipinski definition) is 2. The Hall–Kier alpha value is -2.56. The Labute approximate surface area is 123 Å².